The molecule has 0 saturated heterocycles. The van der Waals surface area contributed by atoms with Gasteiger partial charge in [-0.2, -0.15) is 15.0 Å². The summed E-state index contributed by atoms with van der Waals surface area (Å²) < 4.78 is 5.02. The highest BCUT2D eigenvalue weighted by molar-refractivity contribution is 7.99. The fourth-order valence-electron chi connectivity index (χ4n) is 1.16. The van der Waals surface area contributed by atoms with E-state index in [1.54, 1.807) is 0 Å². The summed E-state index contributed by atoms with van der Waals surface area (Å²) in [6.07, 6.45) is 0. The Kier molecular flexibility index (Phi) is 3.92. The third-order valence-corrected chi connectivity index (χ3v) is 2.60. The molecule has 0 atom stereocenters. The third-order valence-electron chi connectivity index (χ3n) is 1.87. The van der Waals surface area contributed by atoms with Crippen LogP contribution in [0.15, 0.2) is 10.3 Å². The molecule has 0 aliphatic carbocycles. The molecule has 18 heavy (non-hydrogen) atoms. The molecule has 0 fully saturated rings. The average molecular weight is 267 g/mol. The summed E-state index contributed by atoms with van der Waals surface area (Å²) in [5.74, 6) is 1.21. The molecule has 0 bridgehead atoms. The standard InChI is InChI=1S/C9H13N7OS/c1-4-10-6-12-7(17-3)14-8(13-6)18-9-11-5(2)15-16-9/h4H2,1-3H3,(H,11,15,16)(H,10,12,13,14). The number of ether oxygens (including phenoxy) is 1. The van der Waals surface area contributed by atoms with Gasteiger partial charge < -0.3 is 10.1 Å². The molecule has 0 aliphatic rings. The third kappa shape index (κ3) is 3.06. The van der Waals surface area contributed by atoms with E-state index in [0.29, 0.717) is 16.3 Å². The van der Waals surface area contributed by atoms with Crippen LogP contribution in [-0.4, -0.2) is 43.8 Å². The zero-order valence-electron chi connectivity index (χ0n) is 10.3. The molecule has 0 saturated carbocycles. The van der Waals surface area contributed by atoms with Gasteiger partial charge >= 0.3 is 6.01 Å². The summed E-state index contributed by atoms with van der Waals surface area (Å²) in [6, 6.07) is 0.260. The van der Waals surface area contributed by atoms with E-state index in [2.05, 4.69) is 35.5 Å². The molecule has 9 heteroatoms. The first-order valence-electron chi connectivity index (χ1n) is 5.32. The summed E-state index contributed by atoms with van der Waals surface area (Å²) in [4.78, 5) is 16.6. The highest BCUT2D eigenvalue weighted by Crippen LogP contribution is 2.22. The van der Waals surface area contributed by atoms with Crippen molar-refractivity contribution >= 4 is 17.7 Å². The largest absolute Gasteiger partial charge is 0.467 e. The number of aromatic amines is 1. The van der Waals surface area contributed by atoms with Crippen molar-refractivity contribution in [3.8, 4) is 6.01 Å². The molecule has 2 N–H and O–H groups in total. The number of hydrogen-bond acceptors (Lipinski definition) is 8. The lowest BCUT2D eigenvalue weighted by atomic mass is 10.7. The van der Waals surface area contributed by atoms with Crippen LogP contribution < -0.4 is 10.1 Å². The summed E-state index contributed by atoms with van der Waals surface area (Å²) >= 11 is 1.24. The van der Waals surface area contributed by atoms with Crippen LogP contribution >= 0.6 is 11.8 Å². The first-order chi connectivity index (χ1) is 8.71. The molecule has 2 rings (SSSR count). The van der Waals surface area contributed by atoms with Gasteiger partial charge in [0.05, 0.1) is 7.11 Å². The molecular formula is C9H13N7OS. The van der Waals surface area contributed by atoms with E-state index in [-0.39, 0.29) is 6.01 Å². The van der Waals surface area contributed by atoms with Crippen LogP contribution in [0.25, 0.3) is 0 Å². The van der Waals surface area contributed by atoms with E-state index in [1.807, 2.05) is 13.8 Å². The number of H-pyrrole nitrogens is 1. The second-order valence-electron chi connectivity index (χ2n) is 3.26. The van der Waals surface area contributed by atoms with Gasteiger partial charge in [0.1, 0.15) is 5.82 Å². The van der Waals surface area contributed by atoms with Gasteiger partial charge in [-0.25, -0.2) is 4.98 Å². The van der Waals surface area contributed by atoms with Crippen LogP contribution in [0.4, 0.5) is 5.95 Å². The lowest BCUT2D eigenvalue weighted by molar-refractivity contribution is 0.373. The second-order valence-corrected chi connectivity index (χ2v) is 4.20. The predicted octanol–water partition coefficient (Wildman–Crippen LogP) is 0.890. The number of anilines is 1. The van der Waals surface area contributed by atoms with Crippen molar-refractivity contribution in [3.05, 3.63) is 5.82 Å². The maximum atomic E-state index is 5.02. The minimum absolute atomic E-state index is 0.260. The lowest BCUT2D eigenvalue weighted by Gasteiger charge is -2.04. The van der Waals surface area contributed by atoms with Gasteiger partial charge in [0.2, 0.25) is 16.3 Å². The Bertz CT molecular complexity index is 529. The minimum atomic E-state index is 0.260. The Balaban J connectivity index is 2.23. The smallest absolute Gasteiger partial charge is 0.321 e. The molecule has 0 amide bonds. The zero-order valence-corrected chi connectivity index (χ0v) is 11.1. The first-order valence-corrected chi connectivity index (χ1v) is 6.13. The van der Waals surface area contributed by atoms with Gasteiger partial charge in [0.15, 0.2) is 0 Å². The number of nitrogens with one attached hydrogen (secondary N) is 2. The van der Waals surface area contributed by atoms with Crippen molar-refractivity contribution < 1.29 is 4.74 Å². The number of aromatic nitrogens is 6. The fraction of sp³-hybridized carbons (Fsp3) is 0.444. The van der Waals surface area contributed by atoms with Crippen molar-refractivity contribution in [3.63, 3.8) is 0 Å². The van der Waals surface area contributed by atoms with Gasteiger partial charge in [0, 0.05) is 6.54 Å². The summed E-state index contributed by atoms with van der Waals surface area (Å²) in [5, 5.41) is 10.8. The van der Waals surface area contributed by atoms with Crippen molar-refractivity contribution in [1.29, 1.82) is 0 Å². The van der Waals surface area contributed by atoms with E-state index in [1.165, 1.54) is 18.9 Å². The molecule has 0 unspecified atom stereocenters. The quantitative estimate of drug-likeness (QED) is 0.823. The van der Waals surface area contributed by atoms with Crippen molar-refractivity contribution in [2.24, 2.45) is 0 Å². The van der Waals surface area contributed by atoms with Crippen LogP contribution in [0.2, 0.25) is 0 Å². The van der Waals surface area contributed by atoms with E-state index >= 15 is 0 Å². The Hall–Kier alpha value is -1.90. The number of aryl methyl sites for hydroxylation is 1. The molecule has 2 aromatic rings. The Morgan fingerprint density at radius 2 is 2.06 bits per heavy atom. The lowest BCUT2D eigenvalue weighted by Crippen LogP contribution is -2.05. The number of nitrogens with zero attached hydrogens (tertiary/aromatic N) is 5. The summed E-state index contributed by atoms with van der Waals surface area (Å²) in [5.41, 5.74) is 0. The summed E-state index contributed by atoms with van der Waals surface area (Å²) in [6.45, 7) is 4.51. The van der Waals surface area contributed by atoms with E-state index in [9.17, 15) is 0 Å². The van der Waals surface area contributed by atoms with Gasteiger partial charge in [-0.1, -0.05) is 0 Å². The Morgan fingerprint density at radius 1 is 1.22 bits per heavy atom. The highest BCUT2D eigenvalue weighted by Gasteiger charge is 2.10. The maximum absolute atomic E-state index is 5.02. The normalized spacial score (nSPS) is 10.4. The van der Waals surface area contributed by atoms with Gasteiger partial charge in [-0.05, 0) is 25.6 Å². The monoisotopic (exact) mass is 267 g/mol. The number of rotatable bonds is 5. The molecule has 2 heterocycles. The number of hydrogen-bond donors (Lipinski definition) is 2. The minimum Gasteiger partial charge on any atom is -0.467 e. The van der Waals surface area contributed by atoms with Gasteiger partial charge in [0.25, 0.3) is 0 Å². The molecule has 0 radical (unpaired) electrons. The maximum Gasteiger partial charge on any atom is 0.321 e. The van der Waals surface area contributed by atoms with Crippen molar-refractivity contribution in [2.45, 2.75) is 24.2 Å². The highest BCUT2D eigenvalue weighted by atomic mass is 32.2. The molecule has 2 aromatic heterocycles. The van der Waals surface area contributed by atoms with E-state index in [0.717, 1.165) is 12.4 Å². The van der Waals surface area contributed by atoms with Crippen molar-refractivity contribution in [1.82, 2.24) is 30.1 Å². The molecule has 0 aliphatic heterocycles. The topological polar surface area (TPSA) is 102 Å². The van der Waals surface area contributed by atoms with E-state index < -0.39 is 0 Å². The molecule has 96 valence electrons. The second kappa shape index (κ2) is 5.63. The van der Waals surface area contributed by atoms with Crippen LogP contribution in [0.5, 0.6) is 6.01 Å². The predicted molar refractivity (Wildman–Crippen MR) is 65.8 cm³/mol. The number of methoxy groups -OCH3 is 1. The van der Waals surface area contributed by atoms with Gasteiger partial charge in [-0.3, -0.25) is 5.10 Å². The first kappa shape index (κ1) is 12.6. The van der Waals surface area contributed by atoms with Crippen LogP contribution in [0.3, 0.4) is 0 Å². The van der Waals surface area contributed by atoms with E-state index in [4.69, 9.17) is 4.74 Å². The molecule has 0 aromatic carbocycles. The molecule has 8 nitrogen and oxygen atoms in total. The fourth-order valence-corrected chi connectivity index (χ4v) is 1.85. The molecular weight excluding hydrogens is 254 g/mol. The van der Waals surface area contributed by atoms with Crippen LogP contribution in [-0.2, 0) is 0 Å². The SMILES string of the molecule is CCNc1nc(OC)nc(Sc2n[nH]c(C)n2)n1. The van der Waals surface area contributed by atoms with Crippen LogP contribution in [0, 0.1) is 6.92 Å². The average Bonchev–Trinajstić information content (AvgIpc) is 2.75. The van der Waals surface area contributed by atoms with Gasteiger partial charge in [-0.15, -0.1) is 5.10 Å². The molecule has 0 spiro atoms. The van der Waals surface area contributed by atoms with Crippen LogP contribution in [0.1, 0.15) is 12.7 Å². The summed E-state index contributed by atoms with van der Waals surface area (Å²) in [7, 11) is 1.51. The Morgan fingerprint density at radius 3 is 2.67 bits per heavy atom. The Labute approximate surface area is 108 Å². The zero-order chi connectivity index (χ0) is 13.0. The van der Waals surface area contributed by atoms with Crippen molar-refractivity contribution in [2.75, 3.05) is 19.0 Å².